The zero-order valence-corrected chi connectivity index (χ0v) is 11.6. The molecule has 2 atom stereocenters. The van der Waals surface area contributed by atoms with Crippen LogP contribution in [0, 0.1) is 10.1 Å². The van der Waals surface area contributed by atoms with E-state index in [1.807, 2.05) is 30.3 Å². The van der Waals surface area contributed by atoms with Crippen molar-refractivity contribution in [2.24, 2.45) is 5.16 Å². The summed E-state index contributed by atoms with van der Waals surface area (Å²) in [6.45, 7) is 0. The van der Waals surface area contributed by atoms with Crippen molar-refractivity contribution >= 4 is 17.3 Å². The second-order valence-electron chi connectivity index (χ2n) is 4.65. The van der Waals surface area contributed by atoms with Crippen molar-refractivity contribution in [1.82, 2.24) is 0 Å². The van der Waals surface area contributed by atoms with Crippen LogP contribution in [-0.4, -0.2) is 16.9 Å². The minimum Gasteiger partial charge on any atom is -0.320 e. The first-order valence-corrected chi connectivity index (χ1v) is 6.72. The zero-order valence-electron chi connectivity index (χ0n) is 10.8. The summed E-state index contributed by atoms with van der Waals surface area (Å²) in [5.41, 5.74) is 2.11. The van der Waals surface area contributed by atoms with Crippen molar-refractivity contribution in [3.8, 4) is 0 Å². The molecule has 0 spiro atoms. The lowest BCUT2D eigenvalue weighted by atomic mass is 9.89. The SMILES string of the molecule is O=[N+]([O-])[C@H]1ON=C(c2ccccc2)[C@@H]1c1ccc(Cl)cc1. The third kappa shape index (κ3) is 2.60. The molecule has 21 heavy (non-hydrogen) atoms. The summed E-state index contributed by atoms with van der Waals surface area (Å²) in [4.78, 5) is 15.8. The molecule has 0 saturated carbocycles. The Morgan fingerprint density at radius 1 is 1.10 bits per heavy atom. The topological polar surface area (TPSA) is 64.7 Å². The van der Waals surface area contributed by atoms with Crippen molar-refractivity contribution in [3.63, 3.8) is 0 Å². The molecule has 1 heterocycles. The summed E-state index contributed by atoms with van der Waals surface area (Å²) in [5.74, 6) is -0.556. The van der Waals surface area contributed by atoms with Gasteiger partial charge in [-0.3, -0.25) is 10.1 Å². The van der Waals surface area contributed by atoms with Gasteiger partial charge in [-0.15, -0.1) is 0 Å². The highest BCUT2D eigenvalue weighted by Crippen LogP contribution is 2.33. The maximum atomic E-state index is 11.2. The average molecular weight is 303 g/mol. The Hall–Kier alpha value is -2.40. The second kappa shape index (κ2) is 5.54. The van der Waals surface area contributed by atoms with Crippen LogP contribution >= 0.6 is 11.6 Å². The van der Waals surface area contributed by atoms with Gasteiger partial charge in [-0.25, -0.2) is 0 Å². The van der Waals surface area contributed by atoms with Crippen LogP contribution in [0.25, 0.3) is 0 Å². The van der Waals surface area contributed by atoms with E-state index < -0.39 is 17.1 Å². The lowest BCUT2D eigenvalue weighted by molar-refractivity contribution is -0.574. The number of nitrogens with zero attached hydrogens (tertiary/aromatic N) is 2. The number of halogens is 1. The van der Waals surface area contributed by atoms with Gasteiger partial charge in [-0.05, 0) is 17.7 Å². The smallest absolute Gasteiger partial charge is 0.320 e. The van der Waals surface area contributed by atoms with Crippen LogP contribution in [0.4, 0.5) is 0 Å². The number of hydrogen-bond acceptors (Lipinski definition) is 4. The molecule has 0 N–H and O–H groups in total. The third-order valence-corrected chi connectivity index (χ3v) is 3.60. The quantitative estimate of drug-likeness (QED) is 0.644. The van der Waals surface area contributed by atoms with E-state index in [2.05, 4.69) is 5.16 Å². The highest BCUT2D eigenvalue weighted by Gasteiger charge is 2.44. The van der Waals surface area contributed by atoms with Gasteiger partial charge < -0.3 is 4.84 Å². The molecule has 0 aromatic heterocycles. The average Bonchev–Trinajstić information content (AvgIpc) is 2.94. The Balaban J connectivity index is 2.04. The van der Waals surface area contributed by atoms with E-state index in [1.165, 1.54) is 0 Å². The molecule has 106 valence electrons. The Morgan fingerprint density at radius 2 is 1.76 bits per heavy atom. The van der Waals surface area contributed by atoms with Crippen LogP contribution in [0.1, 0.15) is 17.0 Å². The fourth-order valence-electron chi connectivity index (χ4n) is 2.36. The summed E-state index contributed by atoms with van der Waals surface area (Å²) in [5, 5.41) is 15.7. The molecule has 5 nitrogen and oxygen atoms in total. The molecule has 1 aliphatic rings. The molecule has 0 amide bonds. The first kappa shape index (κ1) is 13.6. The number of nitro groups is 1. The fraction of sp³-hybridized carbons (Fsp3) is 0.133. The highest BCUT2D eigenvalue weighted by molar-refractivity contribution is 6.30. The van der Waals surface area contributed by atoms with E-state index in [4.69, 9.17) is 16.4 Å². The minimum absolute atomic E-state index is 0.460. The fourth-order valence-corrected chi connectivity index (χ4v) is 2.48. The summed E-state index contributed by atoms with van der Waals surface area (Å²) >= 11 is 5.88. The molecule has 0 fully saturated rings. The molecule has 2 aromatic carbocycles. The van der Waals surface area contributed by atoms with Crippen LogP contribution in [0.5, 0.6) is 0 Å². The molecular weight excluding hydrogens is 292 g/mol. The zero-order chi connectivity index (χ0) is 14.8. The predicted octanol–water partition coefficient (Wildman–Crippen LogP) is 3.46. The number of rotatable bonds is 3. The van der Waals surface area contributed by atoms with Crippen LogP contribution < -0.4 is 0 Å². The van der Waals surface area contributed by atoms with Gasteiger partial charge in [0.25, 0.3) is 0 Å². The van der Waals surface area contributed by atoms with Gasteiger partial charge in [-0.1, -0.05) is 59.2 Å². The Bertz CT molecular complexity index is 686. The van der Waals surface area contributed by atoms with E-state index in [9.17, 15) is 10.1 Å². The van der Waals surface area contributed by atoms with Crippen LogP contribution in [0.3, 0.4) is 0 Å². The van der Waals surface area contributed by atoms with Gasteiger partial charge in [-0.2, -0.15) is 0 Å². The van der Waals surface area contributed by atoms with Crippen molar-refractivity contribution in [2.45, 2.75) is 12.1 Å². The monoisotopic (exact) mass is 302 g/mol. The van der Waals surface area contributed by atoms with E-state index >= 15 is 0 Å². The van der Waals surface area contributed by atoms with Crippen LogP contribution in [-0.2, 0) is 4.84 Å². The number of hydrogen-bond donors (Lipinski definition) is 0. The van der Waals surface area contributed by atoms with Gasteiger partial charge in [0.1, 0.15) is 11.6 Å². The highest BCUT2D eigenvalue weighted by atomic mass is 35.5. The van der Waals surface area contributed by atoms with Gasteiger partial charge >= 0.3 is 6.23 Å². The largest absolute Gasteiger partial charge is 0.387 e. The van der Waals surface area contributed by atoms with E-state index in [-0.39, 0.29) is 0 Å². The van der Waals surface area contributed by atoms with Gasteiger partial charge in [0, 0.05) is 10.6 Å². The molecule has 6 heteroatoms. The van der Waals surface area contributed by atoms with Crippen LogP contribution in [0.2, 0.25) is 5.02 Å². The van der Waals surface area contributed by atoms with E-state index in [0.717, 1.165) is 11.1 Å². The summed E-state index contributed by atoms with van der Waals surface area (Å²) in [7, 11) is 0. The van der Waals surface area contributed by atoms with Crippen molar-refractivity contribution in [2.75, 3.05) is 0 Å². The van der Waals surface area contributed by atoms with Gasteiger partial charge in [0.15, 0.2) is 0 Å². The molecule has 3 rings (SSSR count). The molecule has 0 bridgehead atoms. The van der Waals surface area contributed by atoms with Crippen molar-refractivity contribution in [3.05, 3.63) is 80.9 Å². The van der Waals surface area contributed by atoms with Gasteiger partial charge in [0.05, 0.1) is 4.92 Å². The number of oxime groups is 1. The minimum atomic E-state index is -1.22. The third-order valence-electron chi connectivity index (χ3n) is 3.35. The normalized spacial score (nSPS) is 20.7. The molecule has 0 saturated heterocycles. The lowest BCUT2D eigenvalue weighted by Gasteiger charge is -2.13. The maximum Gasteiger partial charge on any atom is 0.387 e. The Kier molecular flexibility index (Phi) is 3.58. The first-order chi connectivity index (χ1) is 10.2. The molecule has 0 radical (unpaired) electrons. The van der Waals surface area contributed by atoms with Crippen LogP contribution in [0.15, 0.2) is 59.8 Å². The van der Waals surface area contributed by atoms with Gasteiger partial charge in [0.2, 0.25) is 0 Å². The molecular formula is C15H11ClN2O3. The van der Waals surface area contributed by atoms with Crippen molar-refractivity contribution in [1.29, 1.82) is 0 Å². The standard InChI is InChI=1S/C15H11ClN2O3/c16-12-8-6-10(7-9-12)13-14(11-4-2-1-3-5-11)17-21-15(13)18(19)20/h1-9,13,15H/t13-,15-/m0/s1. The Labute approximate surface area is 125 Å². The van der Waals surface area contributed by atoms with Crippen molar-refractivity contribution < 1.29 is 9.76 Å². The van der Waals surface area contributed by atoms with E-state index in [0.29, 0.717) is 10.7 Å². The first-order valence-electron chi connectivity index (χ1n) is 6.35. The summed E-state index contributed by atoms with van der Waals surface area (Å²) < 4.78 is 0. The molecule has 1 aliphatic heterocycles. The maximum absolute atomic E-state index is 11.2. The summed E-state index contributed by atoms with van der Waals surface area (Å²) in [6, 6.07) is 16.2. The molecule has 2 aromatic rings. The Morgan fingerprint density at radius 3 is 2.38 bits per heavy atom. The number of benzene rings is 2. The lowest BCUT2D eigenvalue weighted by Crippen LogP contribution is -2.29. The molecule has 0 aliphatic carbocycles. The summed E-state index contributed by atoms with van der Waals surface area (Å²) in [6.07, 6.45) is -1.22. The predicted molar refractivity (Wildman–Crippen MR) is 79.0 cm³/mol. The molecule has 0 unspecified atom stereocenters. The second-order valence-corrected chi connectivity index (χ2v) is 5.09. The van der Waals surface area contributed by atoms with E-state index in [1.54, 1.807) is 24.3 Å².